The van der Waals surface area contributed by atoms with E-state index in [0.717, 1.165) is 30.4 Å². The van der Waals surface area contributed by atoms with Crippen LogP contribution >= 0.6 is 0 Å². The van der Waals surface area contributed by atoms with E-state index in [4.69, 9.17) is 0 Å². The van der Waals surface area contributed by atoms with Crippen LogP contribution in [-0.4, -0.2) is 32.7 Å². The topological polar surface area (TPSA) is 46.3 Å². The van der Waals surface area contributed by atoms with Crippen LogP contribution in [0.25, 0.3) is 5.65 Å². The van der Waals surface area contributed by atoms with Crippen molar-refractivity contribution in [3.8, 4) is 0 Å². The first-order valence-corrected chi connectivity index (χ1v) is 8.11. The third kappa shape index (κ3) is 2.92. The largest absolute Gasteiger partial charge is 0.419 e. The number of fused-ring (bicyclic) bond motifs is 1. The number of anilines is 1. The second kappa shape index (κ2) is 6.02. The summed E-state index contributed by atoms with van der Waals surface area (Å²) >= 11 is 0. The lowest BCUT2D eigenvalue weighted by atomic mass is 9.96. The Hall–Kier alpha value is -2.64. The molecule has 130 valence electrons. The average molecular weight is 347 g/mol. The van der Waals surface area contributed by atoms with Crippen LogP contribution in [0.4, 0.5) is 19.0 Å². The van der Waals surface area contributed by atoms with Gasteiger partial charge in [0.1, 0.15) is 11.6 Å². The second-order valence-corrected chi connectivity index (χ2v) is 6.14. The molecule has 8 heteroatoms. The summed E-state index contributed by atoms with van der Waals surface area (Å²) < 4.78 is 41.8. The van der Waals surface area contributed by atoms with Crippen LogP contribution in [0.2, 0.25) is 0 Å². The SMILES string of the molecule is FC(F)(F)c1cccnc1N1CCC[C@H](c2nnc3ccccn23)C1. The number of rotatable bonds is 2. The monoisotopic (exact) mass is 347 g/mol. The van der Waals surface area contributed by atoms with Crippen LogP contribution in [0.3, 0.4) is 0 Å². The summed E-state index contributed by atoms with van der Waals surface area (Å²) in [5.41, 5.74) is 0.0465. The lowest BCUT2D eigenvalue weighted by molar-refractivity contribution is -0.137. The summed E-state index contributed by atoms with van der Waals surface area (Å²) in [7, 11) is 0. The van der Waals surface area contributed by atoms with Crippen molar-refractivity contribution in [1.82, 2.24) is 19.6 Å². The van der Waals surface area contributed by atoms with Crippen molar-refractivity contribution in [3.63, 3.8) is 0 Å². The molecule has 0 spiro atoms. The number of hydrogen-bond acceptors (Lipinski definition) is 4. The molecule has 0 N–H and O–H groups in total. The van der Waals surface area contributed by atoms with E-state index in [9.17, 15) is 13.2 Å². The fourth-order valence-electron chi connectivity index (χ4n) is 3.39. The summed E-state index contributed by atoms with van der Waals surface area (Å²) in [5.74, 6) is 0.785. The molecule has 0 amide bonds. The zero-order chi connectivity index (χ0) is 17.4. The van der Waals surface area contributed by atoms with Gasteiger partial charge >= 0.3 is 6.18 Å². The molecular formula is C17H16F3N5. The van der Waals surface area contributed by atoms with Crippen molar-refractivity contribution in [1.29, 1.82) is 0 Å². The number of alkyl halides is 3. The third-order valence-electron chi connectivity index (χ3n) is 4.52. The summed E-state index contributed by atoms with van der Waals surface area (Å²) in [6, 6.07) is 8.03. The Kier molecular flexibility index (Phi) is 3.82. The van der Waals surface area contributed by atoms with Crippen LogP contribution in [-0.2, 0) is 6.18 Å². The number of halogens is 3. The maximum atomic E-state index is 13.3. The quantitative estimate of drug-likeness (QED) is 0.712. The summed E-state index contributed by atoms with van der Waals surface area (Å²) in [6.45, 7) is 0.989. The molecule has 0 radical (unpaired) electrons. The first-order chi connectivity index (χ1) is 12.0. The summed E-state index contributed by atoms with van der Waals surface area (Å²) in [5, 5.41) is 8.41. The van der Waals surface area contributed by atoms with Crippen LogP contribution in [0.5, 0.6) is 0 Å². The Labute approximate surface area is 142 Å². The Balaban J connectivity index is 1.66. The van der Waals surface area contributed by atoms with Gasteiger partial charge in [0.25, 0.3) is 0 Å². The molecule has 3 aromatic rings. The Morgan fingerprint density at radius 2 is 1.96 bits per heavy atom. The highest BCUT2D eigenvalue weighted by Crippen LogP contribution is 2.37. The molecule has 25 heavy (non-hydrogen) atoms. The van der Waals surface area contributed by atoms with E-state index >= 15 is 0 Å². The van der Waals surface area contributed by atoms with Gasteiger partial charge in [-0.25, -0.2) is 4.98 Å². The molecule has 4 heterocycles. The molecule has 0 unspecified atom stereocenters. The number of aromatic nitrogens is 4. The first kappa shape index (κ1) is 15.9. The van der Waals surface area contributed by atoms with Gasteiger partial charge in [0.05, 0.1) is 5.56 Å². The average Bonchev–Trinajstić information content (AvgIpc) is 3.05. The van der Waals surface area contributed by atoms with Crippen molar-refractivity contribution in [2.45, 2.75) is 24.9 Å². The van der Waals surface area contributed by atoms with Gasteiger partial charge < -0.3 is 4.90 Å². The number of piperidine rings is 1. The molecule has 1 atom stereocenters. The molecule has 3 aromatic heterocycles. The van der Waals surface area contributed by atoms with Crippen LogP contribution < -0.4 is 4.90 Å². The smallest absolute Gasteiger partial charge is 0.355 e. The third-order valence-corrected chi connectivity index (χ3v) is 4.52. The highest BCUT2D eigenvalue weighted by molar-refractivity contribution is 5.49. The van der Waals surface area contributed by atoms with E-state index in [-0.39, 0.29) is 11.7 Å². The molecule has 1 aliphatic heterocycles. The number of pyridine rings is 2. The van der Waals surface area contributed by atoms with Gasteiger partial charge in [-0.15, -0.1) is 10.2 Å². The van der Waals surface area contributed by atoms with E-state index in [2.05, 4.69) is 15.2 Å². The van der Waals surface area contributed by atoms with Crippen LogP contribution in [0.15, 0.2) is 42.7 Å². The minimum absolute atomic E-state index is 0.00600. The van der Waals surface area contributed by atoms with Crippen molar-refractivity contribution in [2.75, 3.05) is 18.0 Å². The first-order valence-electron chi connectivity index (χ1n) is 8.11. The molecular weight excluding hydrogens is 331 g/mol. The normalized spacial score (nSPS) is 18.7. The van der Waals surface area contributed by atoms with Gasteiger partial charge in [0.15, 0.2) is 5.65 Å². The van der Waals surface area contributed by atoms with E-state index in [1.54, 1.807) is 4.90 Å². The van der Waals surface area contributed by atoms with Crippen LogP contribution in [0.1, 0.15) is 30.1 Å². The molecule has 1 saturated heterocycles. The van der Waals surface area contributed by atoms with Gasteiger partial charge in [0.2, 0.25) is 0 Å². The van der Waals surface area contributed by atoms with Gasteiger partial charge in [-0.05, 0) is 37.1 Å². The lowest BCUT2D eigenvalue weighted by Crippen LogP contribution is -2.37. The molecule has 0 aromatic carbocycles. The van der Waals surface area contributed by atoms with E-state index in [1.807, 2.05) is 28.8 Å². The molecule has 1 aliphatic rings. The molecule has 1 fully saturated rings. The van der Waals surface area contributed by atoms with Gasteiger partial charge in [-0.3, -0.25) is 4.40 Å². The maximum Gasteiger partial charge on any atom is 0.419 e. The van der Waals surface area contributed by atoms with E-state index in [0.29, 0.717) is 13.1 Å². The fraction of sp³-hybridized carbons (Fsp3) is 0.353. The predicted octanol–water partition coefficient (Wildman–Crippen LogP) is 3.53. The zero-order valence-electron chi connectivity index (χ0n) is 13.3. The minimum Gasteiger partial charge on any atom is -0.355 e. The maximum absolute atomic E-state index is 13.3. The Bertz CT molecular complexity index is 889. The summed E-state index contributed by atoms with van der Waals surface area (Å²) in [4.78, 5) is 5.72. The number of hydrogen-bond donors (Lipinski definition) is 0. The standard InChI is InChI=1S/C17H16F3N5/c18-17(19,20)13-6-3-8-21-16(13)24-9-4-5-12(11-24)15-23-22-14-7-1-2-10-25(14)15/h1-3,6-8,10,12H,4-5,9,11H2/t12-/m0/s1. The highest BCUT2D eigenvalue weighted by Gasteiger charge is 2.37. The van der Waals surface area contributed by atoms with E-state index < -0.39 is 11.7 Å². The minimum atomic E-state index is -4.42. The van der Waals surface area contributed by atoms with Crippen molar-refractivity contribution >= 4 is 11.5 Å². The van der Waals surface area contributed by atoms with E-state index in [1.165, 1.54) is 12.3 Å². The summed E-state index contributed by atoms with van der Waals surface area (Å²) in [6.07, 6.45) is 0.505. The highest BCUT2D eigenvalue weighted by atomic mass is 19.4. The molecule has 0 bridgehead atoms. The molecule has 0 aliphatic carbocycles. The lowest BCUT2D eigenvalue weighted by Gasteiger charge is -2.34. The van der Waals surface area contributed by atoms with Crippen LogP contribution in [0, 0.1) is 0 Å². The Morgan fingerprint density at radius 1 is 1.08 bits per heavy atom. The zero-order valence-corrected chi connectivity index (χ0v) is 13.3. The number of nitrogens with zero attached hydrogens (tertiary/aromatic N) is 5. The molecule has 4 rings (SSSR count). The predicted molar refractivity (Wildman–Crippen MR) is 86.4 cm³/mol. The second-order valence-electron chi connectivity index (χ2n) is 6.14. The van der Waals surface area contributed by atoms with Gasteiger partial charge in [0, 0.05) is 31.4 Å². The fourth-order valence-corrected chi connectivity index (χ4v) is 3.39. The van der Waals surface area contributed by atoms with Gasteiger partial charge in [-0.2, -0.15) is 13.2 Å². The van der Waals surface area contributed by atoms with Gasteiger partial charge in [-0.1, -0.05) is 6.07 Å². The molecule has 5 nitrogen and oxygen atoms in total. The Morgan fingerprint density at radius 3 is 2.80 bits per heavy atom. The molecule has 0 saturated carbocycles. The van der Waals surface area contributed by atoms with Crippen molar-refractivity contribution < 1.29 is 13.2 Å². The van der Waals surface area contributed by atoms with Crippen molar-refractivity contribution in [3.05, 3.63) is 54.1 Å². The van der Waals surface area contributed by atoms with Crippen molar-refractivity contribution in [2.24, 2.45) is 0 Å².